The van der Waals surface area contributed by atoms with Crippen molar-refractivity contribution in [3.05, 3.63) is 48.0 Å². The second kappa shape index (κ2) is 6.48. The highest BCUT2D eigenvalue weighted by molar-refractivity contribution is 7.91. The number of pyridine rings is 1. The molecule has 0 aromatic carbocycles. The van der Waals surface area contributed by atoms with Crippen molar-refractivity contribution in [1.29, 1.82) is 0 Å². The van der Waals surface area contributed by atoms with Crippen LogP contribution in [0, 0.1) is 0 Å². The van der Waals surface area contributed by atoms with Gasteiger partial charge in [0, 0.05) is 51.3 Å². The summed E-state index contributed by atoms with van der Waals surface area (Å²) < 4.78 is 26.2. The topological polar surface area (TPSA) is 88.4 Å². The van der Waals surface area contributed by atoms with Gasteiger partial charge in [0.15, 0.2) is 9.84 Å². The first kappa shape index (κ1) is 17.2. The number of rotatable bonds is 3. The van der Waals surface area contributed by atoms with E-state index in [4.69, 9.17) is 0 Å². The maximum atomic E-state index is 12.9. The lowest BCUT2D eigenvalue weighted by Crippen LogP contribution is -2.60. The van der Waals surface area contributed by atoms with E-state index in [1.165, 1.54) is 6.20 Å². The minimum Gasteiger partial charge on any atom is -0.332 e. The number of sulfone groups is 1. The van der Waals surface area contributed by atoms with E-state index in [2.05, 4.69) is 15.0 Å². The third kappa shape index (κ3) is 3.24. The molecule has 4 heterocycles. The molecule has 0 aliphatic carbocycles. The van der Waals surface area contributed by atoms with Crippen molar-refractivity contribution < 1.29 is 13.2 Å². The fourth-order valence-electron chi connectivity index (χ4n) is 3.90. The average Bonchev–Trinajstić information content (AvgIpc) is 3.18. The van der Waals surface area contributed by atoms with Crippen molar-refractivity contribution >= 4 is 15.7 Å². The van der Waals surface area contributed by atoms with Gasteiger partial charge < -0.3 is 4.90 Å². The highest BCUT2D eigenvalue weighted by Crippen LogP contribution is 2.29. The largest absolute Gasteiger partial charge is 0.332 e. The molecule has 2 saturated heterocycles. The summed E-state index contributed by atoms with van der Waals surface area (Å²) in [6, 6.07) is 3.35. The van der Waals surface area contributed by atoms with E-state index in [1.807, 2.05) is 12.1 Å². The summed E-state index contributed by atoms with van der Waals surface area (Å²) in [6.07, 6.45) is 6.72. The maximum Gasteiger partial charge on any atom is 0.257 e. The number of aryl methyl sites for hydroxylation is 1. The van der Waals surface area contributed by atoms with Crippen LogP contribution < -0.4 is 0 Å². The minimum absolute atomic E-state index is 0.0210. The summed E-state index contributed by atoms with van der Waals surface area (Å²) in [4.78, 5) is 20.9. The van der Waals surface area contributed by atoms with Crippen LogP contribution in [-0.4, -0.2) is 75.6 Å². The van der Waals surface area contributed by atoms with E-state index in [1.54, 1.807) is 35.2 Å². The number of aromatic nitrogens is 3. The highest BCUT2D eigenvalue weighted by atomic mass is 32.2. The van der Waals surface area contributed by atoms with Crippen LogP contribution in [0.1, 0.15) is 15.9 Å². The molecule has 0 saturated carbocycles. The summed E-state index contributed by atoms with van der Waals surface area (Å²) in [5.74, 6) is -0.0340. The van der Waals surface area contributed by atoms with E-state index in [-0.39, 0.29) is 29.5 Å². The molecule has 4 rings (SSSR count). The Balaban J connectivity index is 1.58. The number of nitrogens with zero attached hydrogens (tertiary/aromatic N) is 5. The van der Waals surface area contributed by atoms with E-state index < -0.39 is 9.84 Å². The zero-order valence-electron chi connectivity index (χ0n) is 14.5. The SMILES string of the molecule is Cn1cc(C(=O)N2CCN(Cc3cccnc3)C3CS(=O)(=O)CC32)cn1. The Labute approximate surface area is 152 Å². The summed E-state index contributed by atoms with van der Waals surface area (Å²) >= 11 is 0. The minimum atomic E-state index is -3.17. The standard InChI is InChI=1S/C17H21N5O3S/c1-20-10-14(8-19-20)17(23)22-6-5-21(9-13-3-2-4-18-7-13)15-11-26(24,25)12-16(15)22/h2-4,7-8,10,15-16H,5-6,9,11-12H2,1H3. The zero-order valence-corrected chi connectivity index (χ0v) is 15.3. The van der Waals surface area contributed by atoms with E-state index in [9.17, 15) is 13.2 Å². The Kier molecular flexibility index (Phi) is 4.28. The van der Waals surface area contributed by atoms with E-state index in [0.29, 0.717) is 25.2 Å². The van der Waals surface area contributed by atoms with Crippen molar-refractivity contribution in [2.24, 2.45) is 7.05 Å². The highest BCUT2D eigenvalue weighted by Gasteiger charge is 2.48. The zero-order chi connectivity index (χ0) is 18.3. The molecule has 2 atom stereocenters. The lowest BCUT2D eigenvalue weighted by molar-refractivity contribution is 0.0306. The number of hydrogen-bond acceptors (Lipinski definition) is 6. The van der Waals surface area contributed by atoms with Crippen molar-refractivity contribution in [2.75, 3.05) is 24.6 Å². The van der Waals surface area contributed by atoms with Crippen molar-refractivity contribution in [2.45, 2.75) is 18.6 Å². The van der Waals surface area contributed by atoms with Crippen molar-refractivity contribution in [3.8, 4) is 0 Å². The second-order valence-corrected chi connectivity index (χ2v) is 9.10. The third-order valence-corrected chi connectivity index (χ3v) is 6.81. The van der Waals surface area contributed by atoms with Gasteiger partial charge in [-0.2, -0.15) is 5.10 Å². The number of amides is 1. The molecule has 2 unspecified atom stereocenters. The molecular formula is C17H21N5O3S. The molecule has 2 aliphatic rings. The van der Waals surface area contributed by atoms with E-state index in [0.717, 1.165) is 5.56 Å². The molecular weight excluding hydrogens is 354 g/mol. The molecule has 0 N–H and O–H groups in total. The van der Waals surface area contributed by atoms with Gasteiger partial charge in [0.1, 0.15) is 0 Å². The Hall–Kier alpha value is -2.26. The van der Waals surface area contributed by atoms with Crippen LogP contribution >= 0.6 is 0 Å². The quantitative estimate of drug-likeness (QED) is 0.747. The first-order chi connectivity index (χ1) is 12.4. The summed E-state index contributed by atoms with van der Waals surface area (Å²) in [7, 11) is -1.41. The Morgan fingerprint density at radius 2 is 2.04 bits per heavy atom. The van der Waals surface area contributed by atoms with Gasteiger partial charge in [-0.3, -0.25) is 19.4 Å². The number of piperazine rings is 1. The average molecular weight is 375 g/mol. The van der Waals surface area contributed by atoms with Crippen LogP contribution in [0.2, 0.25) is 0 Å². The first-order valence-corrected chi connectivity index (χ1v) is 10.4. The van der Waals surface area contributed by atoms with Crippen LogP contribution in [-0.2, 0) is 23.4 Å². The molecule has 0 bridgehead atoms. The smallest absolute Gasteiger partial charge is 0.257 e. The van der Waals surface area contributed by atoms with Crippen LogP contribution in [0.25, 0.3) is 0 Å². The number of carbonyl (C=O) groups excluding carboxylic acids is 1. The fraction of sp³-hybridized carbons (Fsp3) is 0.471. The lowest BCUT2D eigenvalue weighted by Gasteiger charge is -2.43. The molecule has 1 amide bonds. The molecule has 0 spiro atoms. The fourth-order valence-corrected chi connectivity index (χ4v) is 5.91. The van der Waals surface area contributed by atoms with Gasteiger partial charge in [-0.05, 0) is 11.6 Å². The second-order valence-electron chi connectivity index (χ2n) is 6.94. The Morgan fingerprint density at radius 3 is 2.73 bits per heavy atom. The molecule has 8 nitrogen and oxygen atoms in total. The summed E-state index contributed by atoms with van der Waals surface area (Å²) in [5, 5.41) is 4.05. The van der Waals surface area contributed by atoms with Gasteiger partial charge in [-0.15, -0.1) is 0 Å². The summed E-state index contributed by atoms with van der Waals surface area (Å²) in [6.45, 7) is 1.78. The Morgan fingerprint density at radius 1 is 1.23 bits per heavy atom. The molecule has 9 heteroatoms. The first-order valence-electron chi connectivity index (χ1n) is 8.56. The molecule has 138 valence electrons. The number of carbonyl (C=O) groups is 1. The summed E-state index contributed by atoms with van der Waals surface area (Å²) in [5.41, 5.74) is 1.54. The van der Waals surface area contributed by atoms with Gasteiger partial charge in [0.2, 0.25) is 0 Å². The van der Waals surface area contributed by atoms with Crippen molar-refractivity contribution in [1.82, 2.24) is 24.6 Å². The predicted octanol–water partition coefficient (Wildman–Crippen LogP) is -0.0613. The molecule has 0 radical (unpaired) electrons. The van der Waals surface area contributed by atoms with Gasteiger partial charge in [-0.1, -0.05) is 6.07 Å². The Bertz CT molecular complexity index is 911. The van der Waals surface area contributed by atoms with Crippen molar-refractivity contribution in [3.63, 3.8) is 0 Å². The van der Waals surface area contributed by atoms with Crippen LogP contribution in [0.15, 0.2) is 36.9 Å². The maximum absolute atomic E-state index is 12.9. The molecule has 2 fully saturated rings. The molecule has 2 aromatic heterocycles. The van der Waals surface area contributed by atoms with Gasteiger partial charge in [0.25, 0.3) is 5.91 Å². The monoisotopic (exact) mass is 375 g/mol. The number of hydrogen-bond donors (Lipinski definition) is 0. The van der Waals surface area contributed by atoms with Gasteiger partial charge in [-0.25, -0.2) is 8.42 Å². The normalized spacial score (nSPS) is 25.2. The van der Waals surface area contributed by atoms with E-state index >= 15 is 0 Å². The lowest BCUT2D eigenvalue weighted by atomic mass is 10.0. The van der Waals surface area contributed by atoms with Crippen LogP contribution in [0.4, 0.5) is 0 Å². The van der Waals surface area contributed by atoms with Gasteiger partial charge in [0.05, 0.1) is 29.3 Å². The predicted molar refractivity (Wildman–Crippen MR) is 95.1 cm³/mol. The van der Waals surface area contributed by atoms with Crippen LogP contribution in [0.5, 0.6) is 0 Å². The molecule has 26 heavy (non-hydrogen) atoms. The molecule has 2 aliphatic heterocycles. The number of fused-ring (bicyclic) bond motifs is 1. The molecule has 2 aromatic rings. The third-order valence-electron chi connectivity index (χ3n) is 5.11. The van der Waals surface area contributed by atoms with Crippen LogP contribution in [0.3, 0.4) is 0 Å². The van der Waals surface area contributed by atoms with Gasteiger partial charge >= 0.3 is 0 Å².